The van der Waals surface area contributed by atoms with E-state index in [0.29, 0.717) is 37.3 Å². The number of carboxylic acid groups (broad SMARTS) is 1. The van der Waals surface area contributed by atoms with Crippen molar-refractivity contribution in [2.45, 2.75) is 81.8 Å². The number of anilines is 1. The number of nitrogens with zero attached hydrogens (tertiary/aromatic N) is 2. The highest BCUT2D eigenvalue weighted by Crippen LogP contribution is 2.54. The second kappa shape index (κ2) is 11.5. The molecule has 1 spiro atoms. The molecule has 1 amide bonds. The second-order valence-electron chi connectivity index (χ2n) is 14.8. The van der Waals surface area contributed by atoms with E-state index in [0.717, 1.165) is 75.2 Å². The summed E-state index contributed by atoms with van der Waals surface area (Å²) in [6.45, 7) is 5.58. The van der Waals surface area contributed by atoms with Crippen molar-refractivity contribution < 1.29 is 29.3 Å². The highest BCUT2D eigenvalue weighted by atomic mass is 35.5. The van der Waals surface area contributed by atoms with Crippen LogP contribution in [0.3, 0.4) is 0 Å². The number of hydrogen-bond acceptors (Lipinski definition) is 6. The summed E-state index contributed by atoms with van der Waals surface area (Å²) in [4.78, 5) is 30.0. The van der Waals surface area contributed by atoms with Gasteiger partial charge in [0, 0.05) is 43.7 Å². The van der Waals surface area contributed by atoms with E-state index in [-0.39, 0.29) is 28.4 Å². The lowest BCUT2D eigenvalue weighted by Gasteiger charge is -2.54. The van der Waals surface area contributed by atoms with Gasteiger partial charge in [0.05, 0.1) is 24.8 Å². The SMILES string of the molecule is CN1CC[C@H]2CCO[C@@H](C2)[C@@H]2CCC2(C)CN2C[C@@]3(CCCc4cc(Cl)ccc43)COc3ccc(cc32)[C@@](O)(C(=O)O)CC1=O. The first-order valence-corrected chi connectivity index (χ1v) is 17.0. The normalized spacial score (nSPS) is 35.0. The van der Waals surface area contributed by atoms with Crippen molar-refractivity contribution in [3.05, 3.63) is 58.1 Å². The number of aryl methyl sites for hydroxylation is 1. The monoisotopic (exact) mass is 636 g/mol. The van der Waals surface area contributed by atoms with Crippen molar-refractivity contribution >= 4 is 29.2 Å². The van der Waals surface area contributed by atoms with Gasteiger partial charge >= 0.3 is 5.97 Å². The zero-order valence-corrected chi connectivity index (χ0v) is 27.2. The molecule has 3 aliphatic heterocycles. The molecule has 1 saturated carbocycles. The lowest BCUT2D eigenvalue weighted by Crippen LogP contribution is -2.55. The van der Waals surface area contributed by atoms with E-state index >= 15 is 0 Å². The molecule has 9 heteroatoms. The molecule has 0 radical (unpaired) electrons. The van der Waals surface area contributed by atoms with E-state index in [1.165, 1.54) is 11.1 Å². The molecule has 242 valence electrons. The van der Waals surface area contributed by atoms with Crippen molar-refractivity contribution in [2.75, 3.05) is 44.8 Å². The molecule has 3 heterocycles. The van der Waals surface area contributed by atoms with Crippen LogP contribution < -0.4 is 9.64 Å². The number of amides is 1. The Labute approximate surface area is 270 Å². The molecule has 7 rings (SSSR count). The van der Waals surface area contributed by atoms with Gasteiger partial charge in [-0.05, 0) is 110 Å². The molecule has 8 nitrogen and oxygen atoms in total. The number of carbonyl (C=O) groups is 2. The van der Waals surface area contributed by atoms with Crippen LogP contribution in [0.5, 0.6) is 5.75 Å². The van der Waals surface area contributed by atoms with Gasteiger partial charge in [0.15, 0.2) is 5.60 Å². The van der Waals surface area contributed by atoms with E-state index in [2.05, 4.69) is 24.0 Å². The average Bonchev–Trinajstić information content (AvgIpc) is 3.15. The smallest absolute Gasteiger partial charge is 0.340 e. The highest BCUT2D eigenvalue weighted by molar-refractivity contribution is 6.30. The summed E-state index contributed by atoms with van der Waals surface area (Å²) < 4.78 is 13.1. The summed E-state index contributed by atoms with van der Waals surface area (Å²) >= 11 is 6.44. The van der Waals surface area contributed by atoms with Gasteiger partial charge in [-0.2, -0.15) is 0 Å². The third kappa shape index (κ3) is 5.40. The molecule has 2 N–H and O–H groups in total. The van der Waals surface area contributed by atoms with E-state index in [4.69, 9.17) is 21.1 Å². The van der Waals surface area contributed by atoms with Crippen LogP contribution in [0.1, 0.15) is 75.0 Å². The van der Waals surface area contributed by atoms with Crippen LogP contribution in [-0.2, 0) is 31.8 Å². The molecule has 1 saturated heterocycles. The zero-order chi connectivity index (χ0) is 31.6. The molecule has 6 atom stereocenters. The largest absolute Gasteiger partial charge is 0.490 e. The topological polar surface area (TPSA) is 99.5 Å². The summed E-state index contributed by atoms with van der Waals surface area (Å²) in [5, 5.41) is 22.8. The van der Waals surface area contributed by atoms with Gasteiger partial charge in [0.1, 0.15) is 5.75 Å². The molecular formula is C36H45ClN2O6. The summed E-state index contributed by atoms with van der Waals surface area (Å²) in [5.74, 6) is -0.300. The minimum atomic E-state index is -2.37. The summed E-state index contributed by atoms with van der Waals surface area (Å²) in [6.07, 6.45) is 7.60. The maximum atomic E-state index is 13.4. The van der Waals surface area contributed by atoms with Crippen LogP contribution >= 0.6 is 11.6 Å². The maximum Gasteiger partial charge on any atom is 0.340 e. The van der Waals surface area contributed by atoms with Gasteiger partial charge in [0.2, 0.25) is 5.91 Å². The minimum Gasteiger partial charge on any atom is -0.490 e. The van der Waals surface area contributed by atoms with Crippen LogP contribution in [0.15, 0.2) is 36.4 Å². The van der Waals surface area contributed by atoms with Crippen LogP contribution in [0.25, 0.3) is 0 Å². The number of carboxylic acids is 1. The number of ether oxygens (including phenoxy) is 2. The number of benzene rings is 2. The van der Waals surface area contributed by atoms with Crippen molar-refractivity contribution in [3.63, 3.8) is 0 Å². The number of hydrogen-bond donors (Lipinski definition) is 2. The van der Waals surface area contributed by atoms with Crippen LogP contribution in [0.4, 0.5) is 5.69 Å². The third-order valence-electron chi connectivity index (χ3n) is 11.9. The van der Waals surface area contributed by atoms with Crippen molar-refractivity contribution in [1.29, 1.82) is 0 Å². The molecular weight excluding hydrogens is 592 g/mol. The first kappa shape index (κ1) is 30.8. The lowest BCUT2D eigenvalue weighted by molar-refractivity contribution is -0.164. The molecule has 2 aliphatic carbocycles. The lowest BCUT2D eigenvalue weighted by atomic mass is 9.57. The van der Waals surface area contributed by atoms with Gasteiger partial charge in [-0.1, -0.05) is 30.7 Å². The standard InChI is InChI=1S/C36H45ClN2O6/c1-34-13-9-28(34)31-16-23(11-15-44-31)10-14-38(2)32(40)19-36(43,33(41)42)25-5-8-30-29(18-25)39(20-34)21-35(22-45-30)12-3-4-24-17-26(37)6-7-27(24)35/h5-8,17-18,23,28,31,43H,3-4,9-16,19-22H2,1-2H3,(H,41,42)/t23-,28-,31-,34?,35-,36+/m0/s1. The van der Waals surface area contributed by atoms with Crippen LogP contribution in [-0.4, -0.2) is 73.0 Å². The molecule has 2 aromatic carbocycles. The van der Waals surface area contributed by atoms with Crippen molar-refractivity contribution in [3.8, 4) is 5.75 Å². The maximum absolute atomic E-state index is 13.4. The predicted octanol–water partition coefficient (Wildman–Crippen LogP) is 5.55. The molecule has 45 heavy (non-hydrogen) atoms. The molecule has 0 aromatic heterocycles. The van der Waals surface area contributed by atoms with E-state index in [1.807, 2.05) is 6.07 Å². The van der Waals surface area contributed by atoms with Gasteiger partial charge in [0.25, 0.3) is 0 Å². The minimum absolute atomic E-state index is 0.00419. The van der Waals surface area contributed by atoms with Gasteiger partial charge in [-0.25, -0.2) is 4.79 Å². The van der Waals surface area contributed by atoms with Gasteiger partial charge < -0.3 is 29.5 Å². The average molecular weight is 637 g/mol. The Hall–Kier alpha value is -2.81. The Kier molecular flexibility index (Phi) is 7.85. The zero-order valence-electron chi connectivity index (χ0n) is 26.4. The van der Waals surface area contributed by atoms with Crippen molar-refractivity contribution in [1.82, 2.24) is 4.90 Å². The number of aliphatic carboxylic acids is 1. The number of rotatable bonds is 1. The summed E-state index contributed by atoms with van der Waals surface area (Å²) in [5.41, 5.74) is 0.843. The third-order valence-corrected chi connectivity index (χ3v) is 12.2. The molecule has 4 bridgehead atoms. The fourth-order valence-corrected chi connectivity index (χ4v) is 9.21. The first-order chi connectivity index (χ1) is 21.5. The number of fused-ring (bicyclic) bond motifs is 7. The summed E-state index contributed by atoms with van der Waals surface area (Å²) in [7, 11) is 1.70. The van der Waals surface area contributed by atoms with E-state index in [9.17, 15) is 19.8 Å². The Bertz CT molecular complexity index is 1500. The van der Waals surface area contributed by atoms with Crippen LogP contribution in [0, 0.1) is 17.3 Å². The number of halogens is 1. The Morgan fingerprint density at radius 1 is 1.09 bits per heavy atom. The summed E-state index contributed by atoms with van der Waals surface area (Å²) in [6, 6.07) is 11.4. The van der Waals surface area contributed by atoms with Gasteiger partial charge in [-0.3, -0.25) is 4.79 Å². The Morgan fingerprint density at radius 2 is 1.93 bits per heavy atom. The van der Waals surface area contributed by atoms with Gasteiger partial charge in [-0.15, -0.1) is 0 Å². The Morgan fingerprint density at radius 3 is 2.71 bits per heavy atom. The molecule has 2 fully saturated rings. The molecule has 2 aromatic rings. The Balaban J connectivity index is 1.35. The fourth-order valence-electron chi connectivity index (χ4n) is 9.02. The number of aliphatic hydroxyl groups is 1. The fraction of sp³-hybridized carbons (Fsp3) is 0.611. The van der Waals surface area contributed by atoms with E-state index < -0.39 is 18.0 Å². The molecule has 1 unspecified atom stereocenters. The molecule has 5 aliphatic rings. The second-order valence-corrected chi connectivity index (χ2v) is 15.2. The van der Waals surface area contributed by atoms with Crippen molar-refractivity contribution in [2.24, 2.45) is 17.3 Å². The van der Waals surface area contributed by atoms with Crippen LogP contribution in [0.2, 0.25) is 5.02 Å². The predicted molar refractivity (Wildman–Crippen MR) is 172 cm³/mol. The highest BCUT2D eigenvalue weighted by Gasteiger charge is 2.51. The number of carbonyl (C=O) groups excluding carboxylic acids is 1. The first-order valence-electron chi connectivity index (χ1n) is 16.6. The quantitative estimate of drug-likeness (QED) is 0.424. The van der Waals surface area contributed by atoms with E-state index in [1.54, 1.807) is 30.1 Å².